The van der Waals surface area contributed by atoms with Crippen molar-refractivity contribution in [3.05, 3.63) is 40.5 Å². The molecule has 0 saturated heterocycles. The Morgan fingerprint density at radius 3 is 2.69 bits per heavy atom. The molecule has 0 aliphatic carbocycles. The Labute approximate surface area is 91.1 Å². The summed E-state index contributed by atoms with van der Waals surface area (Å²) in [5, 5.41) is 0. The van der Waals surface area contributed by atoms with Crippen LogP contribution in [0.25, 0.3) is 0 Å². The minimum absolute atomic E-state index is 0.0435. The summed E-state index contributed by atoms with van der Waals surface area (Å²) in [6.45, 7) is 2.24. The Hall–Kier alpha value is -0.250. The van der Waals surface area contributed by atoms with E-state index in [4.69, 9.17) is 0 Å². The molecule has 0 aliphatic heterocycles. The Kier molecular flexibility index (Phi) is 5.98. The molecule has 0 N–H and O–H groups in total. The zero-order valence-corrected chi connectivity index (χ0v) is 10.4. The molecule has 0 radical (unpaired) electrons. The molecule has 0 aliphatic rings. The normalized spacial score (nSPS) is 10.8. The van der Waals surface area contributed by atoms with E-state index in [-0.39, 0.29) is 20.9 Å². The number of unbranched alkanes of at least 4 members (excludes halogenated alkanes) is 2. The molecule has 0 aromatic heterocycles. The van der Waals surface area contributed by atoms with Gasteiger partial charge in [0, 0.05) is 0 Å². The van der Waals surface area contributed by atoms with Gasteiger partial charge in [0.1, 0.15) is 0 Å². The quantitative estimate of drug-likeness (QED) is 0.577. The fourth-order valence-electron chi connectivity index (χ4n) is 1.02. The van der Waals surface area contributed by atoms with Crippen molar-refractivity contribution < 1.29 is 0 Å². The van der Waals surface area contributed by atoms with Gasteiger partial charge in [-0.2, -0.15) is 0 Å². The van der Waals surface area contributed by atoms with E-state index >= 15 is 0 Å². The van der Waals surface area contributed by atoms with Gasteiger partial charge in [-0.25, -0.2) is 0 Å². The molecule has 1 aromatic carbocycles. The zero-order chi connectivity index (χ0) is 9.36. The topological polar surface area (TPSA) is 0 Å². The van der Waals surface area contributed by atoms with Crippen molar-refractivity contribution in [1.29, 1.82) is 0 Å². The summed E-state index contributed by atoms with van der Waals surface area (Å²) in [5.74, 6) is 0. The van der Waals surface area contributed by atoms with E-state index in [1.807, 2.05) is 0 Å². The van der Waals surface area contributed by atoms with Crippen molar-refractivity contribution >= 4 is 24.5 Å². The second kappa shape index (κ2) is 7.18. The molecule has 0 unspecified atom stereocenters. The van der Waals surface area contributed by atoms with Crippen LogP contribution in [0.4, 0.5) is 0 Å². The molecular formula is C12H16Te. The Balaban J connectivity index is 2.23. The van der Waals surface area contributed by atoms with E-state index < -0.39 is 0 Å². The number of allylic oxidation sites excluding steroid dienone is 1. The van der Waals surface area contributed by atoms with Crippen LogP contribution in [0.1, 0.15) is 26.2 Å². The first-order valence-corrected chi connectivity index (χ1v) is 7.31. The second-order valence-electron chi connectivity index (χ2n) is 2.94. The van der Waals surface area contributed by atoms with Gasteiger partial charge < -0.3 is 0 Å². The first-order valence-electron chi connectivity index (χ1n) is 4.80. The van der Waals surface area contributed by atoms with Crippen LogP contribution in [0.2, 0.25) is 0 Å². The SMILES string of the molecule is CCCC/C=C\[Te]c1ccccc1. The van der Waals surface area contributed by atoms with E-state index in [0.29, 0.717) is 0 Å². The zero-order valence-electron chi connectivity index (χ0n) is 8.07. The van der Waals surface area contributed by atoms with Crippen molar-refractivity contribution in [2.75, 3.05) is 0 Å². The van der Waals surface area contributed by atoms with Crippen molar-refractivity contribution in [2.24, 2.45) is 0 Å². The van der Waals surface area contributed by atoms with Crippen LogP contribution < -0.4 is 3.61 Å². The van der Waals surface area contributed by atoms with E-state index in [1.54, 1.807) is 0 Å². The molecule has 13 heavy (non-hydrogen) atoms. The van der Waals surface area contributed by atoms with Gasteiger partial charge in [0.2, 0.25) is 0 Å². The molecule has 0 heterocycles. The summed E-state index contributed by atoms with van der Waals surface area (Å²) in [7, 11) is 0. The summed E-state index contributed by atoms with van der Waals surface area (Å²) >= 11 is -0.0435. The summed E-state index contributed by atoms with van der Waals surface area (Å²) in [4.78, 5) is 0. The third-order valence-corrected chi connectivity index (χ3v) is 4.26. The van der Waals surface area contributed by atoms with Crippen LogP contribution >= 0.6 is 0 Å². The predicted molar refractivity (Wildman–Crippen MR) is 60.5 cm³/mol. The van der Waals surface area contributed by atoms with E-state index in [1.165, 1.54) is 22.9 Å². The van der Waals surface area contributed by atoms with Crippen molar-refractivity contribution in [1.82, 2.24) is 0 Å². The second-order valence-corrected chi connectivity index (χ2v) is 5.74. The van der Waals surface area contributed by atoms with Gasteiger partial charge in [-0.1, -0.05) is 0 Å². The molecule has 70 valence electrons. The molecule has 0 bridgehead atoms. The number of hydrogen-bond donors (Lipinski definition) is 0. The van der Waals surface area contributed by atoms with Crippen LogP contribution in [0.3, 0.4) is 0 Å². The van der Waals surface area contributed by atoms with Gasteiger partial charge in [0.15, 0.2) is 0 Å². The van der Waals surface area contributed by atoms with Crippen molar-refractivity contribution in [2.45, 2.75) is 26.2 Å². The van der Waals surface area contributed by atoms with Crippen LogP contribution in [0.15, 0.2) is 40.5 Å². The van der Waals surface area contributed by atoms with Gasteiger partial charge in [0.05, 0.1) is 0 Å². The molecule has 1 heteroatoms. The van der Waals surface area contributed by atoms with Crippen LogP contribution in [-0.2, 0) is 0 Å². The third kappa shape index (κ3) is 5.13. The van der Waals surface area contributed by atoms with Crippen LogP contribution in [0, 0.1) is 0 Å². The number of rotatable bonds is 5. The maximum atomic E-state index is 2.40. The molecule has 0 fully saturated rings. The fraction of sp³-hybridized carbons (Fsp3) is 0.333. The molecule has 0 saturated carbocycles. The Morgan fingerprint density at radius 1 is 1.23 bits per heavy atom. The van der Waals surface area contributed by atoms with Crippen LogP contribution in [0.5, 0.6) is 0 Å². The van der Waals surface area contributed by atoms with Crippen LogP contribution in [-0.4, -0.2) is 20.9 Å². The molecule has 0 amide bonds. The molecule has 0 spiro atoms. The van der Waals surface area contributed by atoms with Gasteiger partial charge in [-0.3, -0.25) is 0 Å². The van der Waals surface area contributed by atoms with Gasteiger partial charge in [-0.15, -0.1) is 0 Å². The Bertz CT molecular complexity index is 239. The number of benzene rings is 1. The first kappa shape index (κ1) is 10.8. The number of hydrogen-bond acceptors (Lipinski definition) is 0. The summed E-state index contributed by atoms with van der Waals surface area (Å²) in [5.41, 5.74) is 0. The van der Waals surface area contributed by atoms with Gasteiger partial charge >= 0.3 is 91.3 Å². The average molecular weight is 288 g/mol. The summed E-state index contributed by atoms with van der Waals surface area (Å²) in [6.07, 6.45) is 6.24. The summed E-state index contributed by atoms with van der Waals surface area (Å²) in [6, 6.07) is 10.8. The van der Waals surface area contributed by atoms with Crippen molar-refractivity contribution in [3.63, 3.8) is 0 Å². The molecular weight excluding hydrogens is 272 g/mol. The molecule has 1 aromatic rings. The maximum absolute atomic E-state index is 2.40. The van der Waals surface area contributed by atoms with E-state index in [9.17, 15) is 0 Å². The Morgan fingerprint density at radius 2 is 2.00 bits per heavy atom. The summed E-state index contributed by atoms with van der Waals surface area (Å²) < 4.78 is 3.93. The van der Waals surface area contributed by atoms with Gasteiger partial charge in [-0.05, 0) is 0 Å². The van der Waals surface area contributed by atoms with E-state index in [0.717, 1.165) is 0 Å². The average Bonchev–Trinajstić information content (AvgIpc) is 2.19. The predicted octanol–water partition coefficient (Wildman–Crippen LogP) is 2.72. The standard InChI is InChI=1S/C12H16Te/c1-2-3-4-8-11-13-12-9-6-5-7-10-12/h5-11H,2-4H2,1H3/b11-8-. The first-order chi connectivity index (χ1) is 6.43. The minimum atomic E-state index is -0.0435. The van der Waals surface area contributed by atoms with Gasteiger partial charge in [0.25, 0.3) is 0 Å². The third-order valence-electron chi connectivity index (χ3n) is 1.77. The molecule has 1 rings (SSSR count). The van der Waals surface area contributed by atoms with Crippen molar-refractivity contribution in [3.8, 4) is 0 Å². The van der Waals surface area contributed by atoms with E-state index in [2.05, 4.69) is 47.5 Å². The molecule has 0 nitrogen and oxygen atoms in total. The molecule has 0 atom stereocenters. The fourth-order valence-corrected chi connectivity index (χ4v) is 3.02. The monoisotopic (exact) mass is 290 g/mol.